The Kier molecular flexibility index (Phi) is 4.14. The zero-order chi connectivity index (χ0) is 14.0. The quantitative estimate of drug-likeness (QED) is 0.908. The van der Waals surface area contributed by atoms with E-state index in [1.54, 1.807) is 0 Å². The number of pyridine rings is 1. The number of hydrogen-bond donors (Lipinski definition) is 1. The number of hydrogen-bond acceptors (Lipinski definition) is 3. The standard InChI is InChI=1S/C16H26N2O/c1-5-13-7-6-8-18(13)15-10-12(11-19)9-14(17-15)16(2,3)4/h9-10,13,19H,5-8,11H2,1-4H3. The lowest BCUT2D eigenvalue weighted by molar-refractivity contribution is 0.281. The summed E-state index contributed by atoms with van der Waals surface area (Å²) < 4.78 is 0. The Bertz CT molecular complexity index is 437. The predicted octanol–water partition coefficient (Wildman–Crippen LogP) is 3.25. The normalized spacial score (nSPS) is 20.1. The molecule has 1 N–H and O–H groups in total. The first-order valence-electron chi connectivity index (χ1n) is 7.34. The van der Waals surface area contributed by atoms with Gasteiger partial charge in [0, 0.05) is 23.7 Å². The predicted molar refractivity (Wildman–Crippen MR) is 79.5 cm³/mol. The van der Waals surface area contributed by atoms with Crippen LogP contribution in [0.15, 0.2) is 12.1 Å². The van der Waals surface area contributed by atoms with E-state index in [1.165, 1.54) is 12.8 Å². The van der Waals surface area contributed by atoms with Crippen LogP contribution in [0.4, 0.5) is 5.82 Å². The van der Waals surface area contributed by atoms with Gasteiger partial charge in [-0.05, 0) is 37.0 Å². The molecule has 0 aliphatic carbocycles. The van der Waals surface area contributed by atoms with Crippen LogP contribution in [0.1, 0.15) is 58.2 Å². The van der Waals surface area contributed by atoms with Crippen molar-refractivity contribution in [1.29, 1.82) is 0 Å². The SMILES string of the molecule is CCC1CCCN1c1cc(CO)cc(C(C)(C)C)n1. The monoisotopic (exact) mass is 262 g/mol. The highest BCUT2D eigenvalue weighted by Gasteiger charge is 2.26. The van der Waals surface area contributed by atoms with Crippen LogP contribution in [0.25, 0.3) is 0 Å². The minimum absolute atomic E-state index is 0.0152. The smallest absolute Gasteiger partial charge is 0.129 e. The summed E-state index contributed by atoms with van der Waals surface area (Å²) in [5.41, 5.74) is 2.05. The number of aliphatic hydroxyl groups is 1. The van der Waals surface area contributed by atoms with Crippen molar-refractivity contribution in [1.82, 2.24) is 4.98 Å². The largest absolute Gasteiger partial charge is 0.392 e. The topological polar surface area (TPSA) is 36.4 Å². The molecule has 1 unspecified atom stereocenters. The molecular formula is C16H26N2O. The van der Waals surface area contributed by atoms with Gasteiger partial charge in [-0.15, -0.1) is 0 Å². The summed E-state index contributed by atoms with van der Waals surface area (Å²) in [4.78, 5) is 7.26. The summed E-state index contributed by atoms with van der Waals surface area (Å²) in [5.74, 6) is 1.04. The van der Waals surface area contributed by atoms with Gasteiger partial charge in [0.1, 0.15) is 5.82 Å². The van der Waals surface area contributed by atoms with Crippen molar-refractivity contribution < 1.29 is 5.11 Å². The molecule has 0 saturated carbocycles. The third kappa shape index (κ3) is 3.08. The van der Waals surface area contributed by atoms with E-state index < -0.39 is 0 Å². The van der Waals surface area contributed by atoms with Crippen LogP contribution in [0.3, 0.4) is 0 Å². The summed E-state index contributed by atoms with van der Waals surface area (Å²) >= 11 is 0. The van der Waals surface area contributed by atoms with E-state index in [9.17, 15) is 5.11 Å². The lowest BCUT2D eigenvalue weighted by Gasteiger charge is -2.27. The number of aliphatic hydroxyl groups excluding tert-OH is 1. The molecule has 0 amide bonds. The molecule has 2 heterocycles. The zero-order valence-corrected chi connectivity index (χ0v) is 12.6. The molecule has 0 spiro atoms. The lowest BCUT2D eigenvalue weighted by Crippen LogP contribution is -2.30. The molecule has 0 bridgehead atoms. The van der Waals surface area contributed by atoms with Crippen molar-refractivity contribution in [2.45, 2.75) is 65.0 Å². The van der Waals surface area contributed by atoms with Crippen molar-refractivity contribution in [2.24, 2.45) is 0 Å². The van der Waals surface area contributed by atoms with E-state index in [0.717, 1.165) is 30.0 Å². The molecule has 0 radical (unpaired) electrons. The molecule has 1 aliphatic heterocycles. The molecule has 1 atom stereocenters. The lowest BCUT2D eigenvalue weighted by atomic mass is 9.91. The minimum atomic E-state index is 0.0152. The summed E-state index contributed by atoms with van der Waals surface area (Å²) in [7, 11) is 0. The minimum Gasteiger partial charge on any atom is -0.392 e. The average molecular weight is 262 g/mol. The van der Waals surface area contributed by atoms with Crippen LogP contribution in [-0.2, 0) is 12.0 Å². The number of rotatable bonds is 3. The van der Waals surface area contributed by atoms with Gasteiger partial charge in [-0.2, -0.15) is 0 Å². The van der Waals surface area contributed by atoms with Crippen LogP contribution in [0.2, 0.25) is 0 Å². The van der Waals surface area contributed by atoms with Crippen LogP contribution in [0.5, 0.6) is 0 Å². The van der Waals surface area contributed by atoms with E-state index in [2.05, 4.69) is 32.6 Å². The first-order valence-corrected chi connectivity index (χ1v) is 7.34. The number of anilines is 1. The fourth-order valence-electron chi connectivity index (χ4n) is 2.76. The van der Waals surface area contributed by atoms with E-state index >= 15 is 0 Å². The first-order chi connectivity index (χ1) is 8.95. The highest BCUT2D eigenvalue weighted by molar-refractivity contribution is 5.45. The molecule has 1 aromatic heterocycles. The molecule has 3 nitrogen and oxygen atoms in total. The number of aromatic nitrogens is 1. The highest BCUT2D eigenvalue weighted by Crippen LogP contribution is 2.30. The van der Waals surface area contributed by atoms with Gasteiger partial charge >= 0.3 is 0 Å². The summed E-state index contributed by atoms with van der Waals surface area (Å²) in [6, 6.07) is 4.68. The van der Waals surface area contributed by atoms with Crippen molar-refractivity contribution >= 4 is 5.82 Å². The fourth-order valence-corrected chi connectivity index (χ4v) is 2.76. The maximum Gasteiger partial charge on any atom is 0.129 e. The molecule has 2 rings (SSSR count). The van der Waals surface area contributed by atoms with E-state index in [1.807, 2.05) is 12.1 Å². The average Bonchev–Trinajstić information content (AvgIpc) is 2.85. The van der Waals surface area contributed by atoms with Gasteiger partial charge in [-0.3, -0.25) is 0 Å². The molecule has 1 saturated heterocycles. The molecule has 19 heavy (non-hydrogen) atoms. The molecular weight excluding hydrogens is 236 g/mol. The van der Waals surface area contributed by atoms with Crippen LogP contribution < -0.4 is 4.90 Å². The second-order valence-electron chi connectivity index (χ2n) is 6.52. The summed E-state index contributed by atoms with van der Waals surface area (Å²) in [6.45, 7) is 9.92. The first kappa shape index (κ1) is 14.3. The maximum atomic E-state index is 9.47. The van der Waals surface area contributed by atoms with E-state index in [-0.39, 0.29) is 12.0 Å². The second kappa shape index (κ2) is 5.49. The Labute approximate surface area is 116 Å². The van der Waals surface area contributed by atoms with Gasteiger partial charge in [-0.25, -0.2) is 4.98 Å². The third-order valence-corrected chi connectivity index (χ3v) is 3.97. The molecule has 0 aromatic carbocycles. The second-order valence-corrected chi connectivity index (χ2v) is 6.52. The van der Waals surface area contributed by atoms with Gasteiger partial charge in [0.15, 0.2) is 0 Å². The Morgan fingerprint density at radius 3 is 2.68 bits per heavy atom. The van der Waals surface area contributed by atoms with Gasteiger partial charge in [0.2, 0.25) is 0 Å². The van der Waals surface area contributed by atoms with E-state index in [4.69, 9.17) is 4.98 Å². The Balaban J connectivity index is 2.39. The van der Waals surface area contributed by atoms with Crippen molar-refractivity contribution in [2.75, 3.05) is 11.4 Å². The molecule has 1 fully saturated rings. The molecule has 1 aromatic rings. The van der Waals surface area contributed by atoms with Crippen LogP contribution in [-0.4, -0.2) is 22.7 Å². The van der Waals surface area contributed by atoms with Gasteiger partial charge in [0.05, 0.1) is 6.61 Å². The molecule has 1 aliphatic rings. The van der Waals surface area contributed by atoms with Gasteiger partial charge in [-0.1, -0.05) is 27.7 Å². The summed E-state index contributed by atoms with van der Waals surface area (Å²) in [5, 5.41) is 9.47. The van der Waals surface area contributed by atoms with Crippen molar-refractivity contribution in [3.8, 4) is 0 Å². The molecule has 3 heteroatoms. The Morgan fingerprint density at radius 1 is 1.37 bits per heavy atom. The Morgan fingerprint density at radius 2 is 2.11 bits per heavy atom. The van der Waals surface area contributed by atoms with Crippen molar-refractivity contribution in [3.63, 3.8) is 0 Å². The van der Waals surface area contributed by atoms with Crippen molar-refractivity contribution in [3.05, 3.63) is 23.4 Å². The van der Waals surface area contributed by atoms with Gasteiger partial charge < -0.3 is 10.0 Å². The molecule has 106 valence electrons. The van der Waals surface area contributed by atoms with E-state index in [0.29, 0.717) is 6.04 Å². The Hall–Kier alpha value is -1.09. The van der Waals surface area contributed by atoms with Crippen LogP contribution >= 0.6 is 0 Å². The fraction of sp³-hybridized carbons (Fsp3) is 0.688. The van der Waals surface area contributed by atoms with Gasteiger partial charge in [0.25, 0.3) is 0 Å². The third-order valence-electron chi connectivity index (χ3n) is 3.97. The summed E-state index contributed by atoms with van der Waals surface area (Å²) in [6.07, 6.45) is 3.66. The highest BCUT2D eigenvalue weighted by atomic mass is 16.3. The zero-order valence-electron chi connectivity index (χ0n) is 12.6. The van der Waals surface area contributed by atoms with Crippen LogP contribution in [0, 0.1) is 0 Å². The maximum absolute atomic E-state index is 9.47. The number of nitrogens with zero attached hydrogens (tertiary/aromatic N) is 2.